The molecular weight excluding hydrogens is 736 g/mol. The average molecular weight is 768 g/mol. The van der Waals surface area contributed by atoms with Gasteiger partial charge in [-0.1, -0.05) is 53.5 Å². The van der Waals surface area contributed by atoms with Gasteiger partial charge in [-0.15, -0.1) is 0 Å². The smallest absolute Gasteiger partial charge is 0.451 e. The number of hydrogen-bond acceptors (Lipinski definition) is 9. The van der Waals surface area contributed by atoms with E-state index in [0.717, 1.165) is 52.6 Å². The lowest BCUT2D eigenvalue weighted by molar-refractivity contribution is -0.144. The van der Waals surface area contributed by atoms with Crippen molar-refractivity contribution in [3.05, 3.63) is 90.3 Å². The number of carbonyl (C=O) groups excluding carboxylic acids is 1. The highest BCUT2D eigenvalue weighted by molar-refractivity contribution is 6.39. The predicted molar refractivity (Wildman–Crippen MR) is 193 cm³/mol. The Morgan fingerprint density at radius 3 is 2.32 bits per heavy atom. The number of amides is 1. The lowest BCUT2D eigenvalue weighted by Crippen LogP contribution is -2.67. The Hall–Kier alpha value is -4.99. The molecule has 0 bridgehead atoms. The molecule has 2 saturated heterocycles. The minimum Gasteiger partial charge on any atom is -0.481 e. The highest BCUT2D eigenvalue weighted by Gasteiger charge is 2.51. The van der Waals surface area contributed by atoms with Crippen molar-refractivity contribution in [2.24, 2.45) is 14.1 Å². The van der Waals surface area contributed by atoms with Gasteiger partial charge in [0.1, 0.15) is 11.2 Å². The van der Waals surface area contributed by atoms with Crippen molar-refractivity contribution in [1.82, 2.24) is 34.3 Å². The van der Waals surface area contributed by atoms with Gasteiger partial charge in [0.25, 0.3) is 5.56 Å². The number of aryl methyl sites for hydroxylation is 2. The maximum absolute atomic E-state index is 13.9. The van der Waals surface area contributed by atoms with Gasteiger partial charge in [-0.05, 0) is 37.0 Å². The normalized spacial score (nSPS) is 18.0. The molecule has 1 unspecified atom stereocenters. The zero-order valence-corrected chi connectivity index (χ0v) is 30.1. The number of nitrogens with zero attached hydrogens (tertiary/aromatic N) is 6. The SMILES string of the molecule is COc1nc(-c2cccc(-c3cccc(Nc4nc(C(F)(F)F)nc5c4c(=O)n(C)c(=O)n5C)c3Cl)c2Cl)cc2c1C(N1CC3(CCC(=O)N3)C1)CC2. The number of rotatable bonds is 6. The van der Waals surface area contributed by atoms with Gasteiger partial charge in [0.15, 0.2) is 5.65 Å². The molecule has 3 aromatic heterocycles. The van der Waals surface area contributed by atoms with E-state index in [1.54, 1.807) is 31.4 Å². The van der Waals surface area contributed by atoms with Gasteiger partial charge >= 0.3 is 11.9 Å². The number of hydrogen-bond donors (Lipinski definition) is 2. The molecule has 5 aromatic rings. The van der Waals surface area contributed by atoms with E-state index in [9.17, 15) is 27.6 Å². The summed E-state index contributed by atoms with van der Waals surface area (Å²) >= 11 is 14.0. The Kier molecular flexibility index (Phi) is 8.31. The van der Waals surface area contributed by atoms with Gasteiger partial charge in [0, 0.05) is 61.9 Å². The second kappa shape index (κ2) is 12.6. The molecule has 12 nitrogen and oxygen atoms in total. The fourth-order valence-electron chi connectivity index (χ4n) is 7.78. The number of methoxy groups -OCH3 is 1. The first-order valence-corrected chi connectivity index (χ1v) is 17.5. The monoisotopic (exact) mass is 766 g/mol. The van der Waals surface area contributed by atoms with E-state index < -0.39 is 34.7 Å². The highest BCUT2D eigenvalue weighted by atomic mass is 35.5. The van der Waals surface area contributed by atoms with E-state index in [-0.39, 0.29) is 33.6 Å². The molecule has 1 spiro atoms. The summed E-state index contributed by atoms with van der Waals surface area (Å²) < 4.78 is 49.2. The summed E-state index contributed by atoms with van der Waals surface area (Å²) in [6.45, 7) is 1.56. The molecule has 2 aliphatic heterocycles. The van der Waals surface area contributed by atoms with Crippen LogP contribution in [0.1, 0.15) is 42.3 Å². The summed E-state index contributed by atoms with van der Waals surface area (Å²) in [5.74, 6) is -1.42. The molecule has 1 atom stereocenters. The molecule has 274 valence electrons. The van der Waals surface area contributed by atoms with E-state index in [1.807, 2.05) is 12.1 Å². The number of fused-ring (bicyclic) bond motifs is 2. The second-order valence-corrected chi connectivity index (χ2v) is 14.4. The second-order valence-electron chi connectivity index (χ2n) is 13.6. The number of likely N-dealkylation sites (tertiary alicyclic amines) is 1. The fraction of sp³-hybridized carbons (Fsp3) is 0.333. The van der Waals surface area contributed by atoms with Gasteiger partial charge in [0.05, 0.1) is 34.1 Å². The third kappa shape index (κ3) is 5.72. The summed E-state index contributed by atoms with van der Waals surface area (Å²) in [4.78, 5) is 52.0. The minimum absolute atomic E-state index is 0.0848. The standard InChI is InChI=1S/C36H31Cl2F3N8O4/c1-47-30-26(32(51)48(2)34(47)52)29(44-33(45-30)36(39,40)41)42-21-9-5-7-19(28(21)38)18-6-4-8-20(27(18)37)22-14-17-10-11-23(25(17)31(43-22)53-3)49-15-35(16-49)13-12-24(50)46-35/h4-9,14,23H,10-13,15-16H2,1-3H3,(H,46,50)(H,42,44,45). The van der Waals surface area contributed by atoms with Crippen molar-refractivity contribution >= 4 is 51.6 Å². The quantitative estimate of drug-likeness (QED) is 0.220. The Bertz CT molecular complexity index is 2500. The fourth-order valence-corrected chi connectivity index (χ4v) is 8.38. The van der Waals surface area contributed by atoms with Crippen LogP contribution in [0.3, 0.4) is 0 Å². The summed E-state index contributed by atoms with van der Waals surface area (Å²) in [5.41, 5.74) is 2.04. The first kappa shape index (κ1) is 35.1. The first-order valence-electron chi connectivity index (χ1n) is 16.7. The molecular formula is C36H31Cl2F3N8O4. The Labute approximate surface area is 309 Å². The van der Waals surface area contributed by atoms with E-state index in [4.69, 9.17) is 32.9 Å². The van der Waals surface area contributed by atoms with Crippen molar-refractivity contribution in [3.8, 4) is 28.3 Å². The first-order chi connectivity index (χ1) is 25.2. The number of ether oxygens (including phenoxy) is 1. The largest absolute Gasteiger partial charge is 0.481 e. The molecule has 1 aliphatic carbocycles. The molecule has 53 heavy (non-hydrogen) atoms. The van der Waals surface area contributed by atoms with Crippen LogP contribution in [0.5, 0.6) is 5.88 Å². The number of pyridine rings is 1. The van der Waals surface area contributed by atoms with E-state index >= 15 is 0 Å². The maximum Gasteiger partial charge on any atom is 0.451 e. The number of carbonyl (C=O) groups is 1. The highest BCUT2D eigenvalue weighted by Crippen LogP contribution is 2.48. The molecule has 5 heterocycles. The van der Waals surface area contributed by atoms with Gasteiger partial charge in [-0.25, -0.2) is 19.7 Å². The van der Waals surface area contributed by atoms with Crippen molar-refractivity contribution in [1.29, 1.82) is 0 Å². The Morgan fingerprint density at radius 1 is 0.943 bits per heavy atom. The lowest BCUT2D eigenvalue weighted by atomic mass is 9.86. The summed E-state index contributed by atoms with van der Waals surface area (Å²) in [6.07, 6.45) is -1.89. The molecule has 3 aliphatic rings. The summed E-state index contributed by atoms with van der Waals surface area (Å²) in [6, 6.07) is 12.4. The van der Waals surface area contributed by atoms with Crippen LogP contribution in [0.25, 0.3) is 33.4 Å². The minimum atomic E-state index is -4.98. The van der Waals surface area contributed by atoms with Crippen molar-refractivity contribution in [3.63, 3.8) is 0 Å². The van der Waals surface area contributed by atoms with Gasteiger partial charge in [0.2, 0.25) is 17.6 Å². The topological polar surface area (TPSA) is 136 Å². The number of halogens is 5. The molecule has 0 saturated carbocycles. The molecule has 0 radical (unpaired) electrons. The average Bonchev–Trinajstić information content (AvgIpc) is 3.73. The number of aromatic nitrogens is 5. The van der Waals surface area contributed by atoms with Gasteiger partial charge in [-0.3, -0.25) is 23.6 Å². The molecule has 17 heteroatoms. The van der Waals surface area contributed by atoms with E-state index in [0.29, 0.717) is 39.7 Å². The number of benzene rings is 2. The molecule has 1 amide bonds. The number of nitrogens with one attached hydrogen (secondary N) is 2. The molecule has 2 N–H and O–H groups in total. The van der Waals surface area contributed by atoms with Crippen LogP contribution in [0.2, 0.25) is 10.0 Å². The zero-order valence-electron chi connectivity index (χ0n) is 28.6. The van der Waals surface area contributed by atoms with Crippen molar-refractivity contribution < 1.29 is 22.7 Å². The van der Waals surface area contributed by atoms with Crippen LogP contribution in [-0.4, -0.2) is 60.6 Å². The van der Waals surface area contributed by atoms with E-state index in [1.165, 1.54) is 20.2 Å². The molecule has 2 aromatic carbocycles. The van der Waals surface area contributed by atoms with Crippen LogP contribution in [0.4, 0.5) is 24.7 Å². The Balaban J connectivity index is 1.15. The van der Waals surface area contributed by atoms with Crippen molar-refractivity contribution in [2.45, 2.75) is 43.4 Å². The van der Waals surface area contributed by atoms with Gasteiger partial charge < -0.3 is 15.4 Å². The number of alkyl halides is 3. The zero-order chi connectivity index (χ0) is 37.6. The van der Waals surface area contributed by atoms with Crippen LogP contribution in [0, 0.1) is 0 Å². The Morgan fingerprint density at radius 2 is 1.64 bits per heavy atom. The maximum atomic E-state index is 13.9. The van der Waals surface area contributed by atoms with Crippen LogP contribution < -0.4 is 26.6 Å². The van der Waals surface area contributed by atoms with Gasteiger partial charge in [-0.2, -0.15) is 13.2 Å². The van der Waals surface area contributed by atoms with Crippen LogP contribution in [0.15, 0.2) is 52.1 Å². The summed E-state index contributed by atoms with van der Waals surface area (Å²) in [5, 5.41) is 6.02. The summed E-state index contributed by atoms with van der Waals surface area (Å²) in [7, 11) is 4.00. The van der Waals surface area contributed by atoms with E-state index in [2.05, 4.69) is 25.5 Å². The number of anilines is 2. The third-order valence-electron chi connectivity index (χ3n) is 10.4. The lowest BCUT2D eigenvalue weighted by Gasteiger charge is -2.50. The molecule has 8 rings (SSSR count). The molecule has 2 fully saturated rings. The van der Waals surface area contributed by atoms with Crippen LogP contribution in [-0.2, 0) is 31.5 Å². The van der Waals surface area contributed by atoms with Crippen LogP contribution >= 0.6 is 23.2 Å². The van der Waals surface area contributed by atoms with Crippen molar-refractivity contribution in [2.75, 3.05) is 25.5 Å². The third-order valence-corrected chi connectivity index (χ3v) is 11.2. The predicted octanol–water partition coefficient (Wildman–Crippen LogP) is 5.79.